The van der Waals surface area contributed by atoms with E-state index in [4.69, 9.17) is 18.9 Å². The topological polar surface area (TPSA) is 123 Å². The first-order valence-electron chi connectivity index (χ1n) is 8.81. The van der Waals surface area contributed by atoms with Crippen molar-refractivity contribution in [2.45, 2.75) is 76.0 Å². The Balaban J connectivity index is 2.19. The lowest BCUT2D eigenvalue weighted by Gasteiger charge is -2.35. The monoisotopic (exact) mass is 376 g/mol. The lowest BCUT2D eigenvalue weighted by atomic mass is 9.73. The van der Waals surface area contributed by atoms with Crippen LogP contribution in [0.15, 0.2) is 0 Å². The lowest BCUT2D eigenvalue weighted by Crippen LogP contribution is -2.61. The summed E-state index contributed by atoms with van der Waals surface area (Å²) in [6.07, 6.45) is 0.287. The highest BCUT2D eigenvalue weighted by Crippen LogP contribution is 2.41. The summed E-state index contributed by atoms with van der Waals surface area (Å²) in [5.41, 5.74) is -3.60. The quantitative estimate of drug-likeness (QED) is 0.443. The smallest absolute Gasteiger partial charge is 0.287 e. The fraction of sp³-hybridized carbons (Fsp3) is 1.00. The van der Waals surface area contributed by atoms with Gasteiger partial charge in [0, 0.05) is 49.4 Å². The van der Waals surface area contributed by atoms with Crippen LogP contribution in [0.3, 0.4) is 0 Å². The van der Waals surface area contributed by atoms with Crippen LogP contribution in [0.5, 0.6) is 0 Å². The van der Waals surface area contributed by atoms with Crippen LogP contribution in [0.4, 0.5) is 0 Å². The van der Waals surface area contributed by atoms with E-state index in [9.17, 15) is 20.2 Å². The Morgan fingerprint density at radius 2 is 1.04 bits per heavy atom. The Morgan fingerprint density at radius 1 is 0.769 bits per heavy atom. The number of nitrogens with zero attached hydrogens (tertiary/aromatic N) is 2. The molecule has 0 unspecified atom stereocenters. The highest BCUT2D eigenvalue weighted by atomic mass is 16.7. The molecule has 0 radical (unpaired) electrons. The second kappa shape index (κ2) is 7.34. The summed E-state index contributed by atoms with van der Waals surface area (Å²) in [7, 11) is 0. The van der Waals surface area contributed by atoms with Gasteiger partial charge in [-0.3, -0.25) is 20.2 Å². The minimum atomic E-state index is -1.80. The summed E-state index contributed by atoms with van der Waals surface area (Å²) in [6, 6.07) is 0. The molecular weight excluding hydrogens is 348 g/mol. The van der Waals surface area contributed by atoms with Gasteiger partial charge in [0.1, 0.15) is 0 Å². The summed E-state index contributed by atoms with van der Waals surface area (Å²) in [5.74, 6) is -1.89. The third-order valence-electron chi connectivity index (χ3n) is 5.89. The molecule has 10 nitrogen and oxygen atoms in total. The van der Waals surface area contributed by atoms with Gasteiger partial charge in [0.15, 0.2) is 11.6 Å². The fourth-order valence-electron chi connectivity index (χ4n) is 3.46. The van der Waals surface area contributed by atoms with Gasteiger partial charge in [-0.05, 0) is 13.8 Å². The molecule has 2 aliphatic heterocycles. The first-order chi connectivity index (χ1) is 12.0. The van der Waals surface area contributed by atoms with Crippen LogP contribution in [0.1, 0.15) is 53.4 Å². The van der Waals surface area contributed by atoms with Gasteiger partial charge in [-0.2, -0.15) is 0 Å². The van der Waals surface area contributed by atoms with E-state index >= 15 is 0 Å². The highest BCUT2D eigenvalue weighted by Gasteiger charge is 2.65. The van der Waals surface area contributed by atoms with Crippen LogP contribution in [-0.2, 0) is 18.9 Å². The Hall–Kier alpha value is -1.36. The zero-order valence-electron chi connectivity index (χ0n) is 15.8. The summed E-state index contributed by atoms with van der Waals surface area (Å²) >= 11 is 0. The molecule has 2 aliphatic rings. The van der Waals surface area contributed by atoms with E-state index in [2.05, 4.69) is 0 Å². The van der Waals surface area contributed by atoms with E-state index < -0.39 is 32.5 Å². The Kier molecular flexibility index (Phi) is 5.91. The van der Waals surface area contributed by atoms with Crippen LogP contribution in [0.25, 0.3) is 0 Å². The van der Waals surface area contributed by atoms with Gasteiger partial charge in [0.2, 0.25) is 0 Å². The van der Waals surface area contributed by atoms with E-state index in [1.54, 1.807) is 13.8 Å². The van der Waals surface area contributed by atoms with Crippen molar-refractivity contribution in [3.05, 3.63) is 20.2 Å². The van der Waals surface area contributed by atoms with E-state index in [0.717, 1.165) is 0 Å². The fourth-order valence-corrected chi connectivity index (χ4v) is 3.46. The second-order valence-corrected chi connectivity index (χ2v) is 7.72. The molecular formula is C16H28N2O8. The Labute approximate surface area is 152 Å². The standard InChI is InChI=1S/C16H28N2O8/c1-13(17(19)20,5-7-15(3)23-9-10-24-15)14(2,18(21)22)6-8-16(4)25-11-12-26-16/h5-12H2,1-4H3/t13-,14-/m1/s1. The third kappa shape index (κ3) is 3.98. The molecule has 0 aromatic carbocycles. The van der Waals surface area contributed by atoms with Gasteiger partial charge >= 0.3 is 0 Å². The van der Waals surface area contributed by atoms with Crippen LogP contribution >= 0.6 is 0 Å². The number of hydrogen-bond donors (Lipinski definition) is 0. The largest absolute Gasteiger partial charge is 0.348 e. The maximum Gasteiger partial charge on any atom is 0.287 e. The Morgan fingerprint density at radius 3 is 1.27 bits per heavy atom. The molecule has 150 valence electrons. The molecule has 0 aromatic heterocycles. The molecule has 0 bridgehead atoms. The molecule has 0 saturated carbocycles. The van der Waals surface area contributed by atoms with Crippen molar-refractivity contribution in [1.29, 1.82) is 0 Å². The summed E-state index contributed by atoms with van der Waals surface area (Å²) in [4.78, 5) is 22.7. The molecule has 2 rings (SSSR count). The molecule has 0 aromatic rings. The average molecular weight is 376 g/mol. The Bertz CT molecular complexity index is 496. The normalized spacial score (nSPS) is 26.2. The van der Waals surface area contributed by atoms with Gasteiger partial charge in [-0.15, -0.1) is 0 Å². The SMILES string of the molecule is CC1(CC[C@@](C)([N+](=O)[O-])[C@@](C)(CCC2(C)OCCO2)[N+](=O)[O-])OCCO1. The number of nitro groups is 2. The minimum Gasteiger partial charge on any atom is -0.348 e. The number of ether oxygens (including phenoxy) is 4. The number of rotatable bonds is 9. The van der Waals surface area contributed by atoms with Crippen molar-refractivity contribution in [3.8, 4) is 0 Å². The van der Waals surface area contributed by atoms with Gasteiger partial charge in [0.25, 0.3) is 11.1 Å². The molecule has 2 fully saturated rings. The molecule has 2 saturated heterocycles. The van der Waals surface area contributed by atoms with Gasteiger partial charge in [0.05, 0.1) is 26.4 Å². The summed E-state index contributed by atoms with van der Waals surface area (Å²) < 4.78 is 22.0. The van der Waals surface area contributed by atoms with Crippen LogP contribution in [0, 0.1) is 20.2 Å². The second-order valence-electron chi connectivity index (χ2n) is 7.72. The molecule has 2 heterocycles. The predicted molar refractivity (Wildman–Crippen MR) is 89.9 cm³/mol. The van der Waals surface area contributed by atoms with E-state index in [1.807, 2.05) is 0 Å². The van der Waals surface area contributed by atoms with E-state index in [0.29, 0.717) is 26.4 Å². The average Bonchev–Trinajstić information content (AvgIpc) is 3.19. The third-order valence-corrected chi connectivity index (χ3v) is 5.89. The minimum absolute atomic E-state index is 0.0492. The maximum atomic E-state index is 11.9. The molecule has 0 N–H and O–H groups in total. The molecule has 0 amide bonds. The summed E-state index contributed by atoms with van der Waals surface area (Å²) in [5, 5.41) is 23.8. The van der Waals surface area contributed by atoms with Crippen molar-refractivity contribution in [3.63, 3.8) is 0 Å². The van der Waals surface area contributed by atoms with Gasteiger partial charge < -0.3 is 18.9 Å². The molecule has 0 spiro atoms. The van der Waals surface area contributed by atoms with Gasteiger partial charge in [-0.1, -0.05) is 0 Å². The maximum absolute atomic E-state index is 11.9. The zero-order chi connectivity index (χ0) is 19.6. The lowest BCUT2D eigenvalue weighted by molar-refractivity contribution is -0.682. The van der Waals surface area contributed by atoms with Crippen LogP contribution in [-0.4, -0.2) is 58.9 Å². The first kappa shape index (κ1) is 20.9. The molecule has 26 heavy (non-hydrogen) atoms. The number of hydrogen-bond acceptors (Lipinski definition) is 8. The first-order valence-corrected chi connectivity index (χ1v) is 8.81. The van der Waals surface area contributed by atoms with Crippen molar-refractivity contribution in [1.82, 2.24) is 0 Å². The molecule has 2 atom stereocenters. The predicted octanol–water partition coefficient (Wildman–Crippen LogP) is 2.14. The zero-order valence-corrected chi connectivity index (χ0v) is 15.8. The van der Waals surface area contributed by atoms with Crippen LogP contribution < -0.4 is 0 Å². The van der Waals surface area contributed by atoms with E-state index in [1.165, 1.54) is 13.8 Å². The van der Waals surface area contributed by atoms with Crippen molar-refractivity contribution in [2.24, 2.45) is 0 Å². The highest BCUT2D eigenvalue weighted by molar-refractivity contribution is 4.97. The van der Waals surface area contributed by atoms with Crippen molar-refractivity contribution in [2.75, 3.05) is 26.4 Å². The molecule has 0 aliphatic carbocycles. The van der Waals surface area contributed by atoms with Crippen LogP contribution in [0.2, 0.25) is 0 Å². The van der Waals surface area contributed by atoms with E-state index in [-0.39, 0.29) is 25.7 Å². The molecule has 10 heteroatoms. The van der Waals surface area contributed by atoms with Crippen molar-refractivity contribution >= 4 is 0 Å². The van der Waals surface area contributed by atoms with Crippen molar-refractivity contribution < 1.29 is 28.8 Å². The van der Waals surface area contributed by atoms with Gasteiger partial charge in [-0.25, -0.2) is 0 Å². The summed E-state index contributed by atoms with van der Waals surface area (Å²) in [6.45, 7) is 7.68.